The molecule has 1 aromatic heterocycles. The van der Waals surface area contributed by atoms with Crippen LogP contribution in [0.25, 0.3) is 17.1 Å². The molecule has 0 spiro atoms. The molecule has 0 bridgehead atoms. The first-order valence-corrected chi connectivity index (χ1v) is 6.18. The number of non-ortho nitro benzene ring substituents is 1. The average Bonchev–Trinajstić information content (AvgIpc) is 2.90. The molecule has 21 heavy (non-hydrogen) atoms. The largest absolute Gasteiger partial charge is 0.368 e. The van der Waals surface area contributed by atoms with Gasteiger partial charge in [-0.1, -0.05) is 30.3 Å². The van der Waals surface area contributed by atoms with Gasteiger partial charge in [-0.25, -0.2) is 0 Å². The second kappa shape index (κ2) is 5.04. The zero-order valence-corrected chi connectivity index (χ0v) is 10.9. The van der Waals surface area contributed by atoms with E-state index in [0.29, 0.717) is 11.5 Å². The highest BCUT2D eigenvalue weighted by Crippen LogP contribution is 2.20. The Hall–Kier alpha value is -3.22. The fourth-order valence-corrected chi connectivity index (χ4v) is 1.94. The monoisotopic (exact) mass is 281 g/mol. The predicted octanol–water partition coefficient (Wildman–Crippen LogP) is 2.42. The van der Waals surface area contributed by atoms with E-state index in [9.17, 15) is 10.1 Å². The Bertz CT molecular complexity index is 781. The Morgan fingerprint density at radius 2 is 1.71 bits per heavy atom. The lowest BCUT2D eigenvalue weighted by Gasteiger charge is -2.01. The minimum absolute atomic E-state index is 0.0146. The van der Waals surface area contributed by atoms with E-state index in [1.165, 1.54) is 16.8 Å². The fraction of sp³-hybridized carbons (Fsp3) is 0. The van der Waals surface area contributed by atoms with E-state index in [4.69, 9.17) is 5.73 Å². The second-order valence-corrected chi connectivity index (χ2v) is 4.34. The average molecular weight is 281 g/mol. The Balaban J connectivity index is 2.00. The van der Waals surface area contributed by atoms with Crippen molar-refractivity contribution in [2.75, 3.05) is 5.73 Å². The number of nitro groups is 1. The van der Waals surface area contributed by atoms with Crippen LogP contribution in [0.4, 0.5) is 11.6 Å². The summed E-state index contributed by atoms with van der Waals surface area (Å²) in [7, 11) is 0. The van der Waals surface area contributed by atoms with E-state index in [-0.39, 0.29) is 11.6 Å². The minimum Gasteiger partial charge on any atom is -0.368 e. The maximum Gasteiger partial charge on any atom is 0.269 e. The van der Waals surface area contributed by atoms with Crippen LogP contribution in [-0.4, -0.2) is 19.7 Å². The third kappa shape index (κ3) is 2.44. The SMILES string of the molecule is Nc1nc(-c2ccccc2)nn1-c1ccc([N+](=O)[O-])cc1. The highest BCUT2D eigenvalue weighted by Gasteiger charge is 2.11. The van der Waals surface area contributed by atoms with Crippen LogP contribution in [0.2, 0.25) is 0 Å². The van der Waals surface area contributed by atoms with Gasteiger partial charge in [0.2, 0.25) is 5.95 Å². The standard InChI is InChI=1S/C14H11N5O2/c15-14-16-13(10-4-2-1-3-5-10)17-18(14)11-6-8-12(9-7-11)19(20)21/h1-9H,(H2,15,16,17). The van der Waals surface area contributed by atoms with Crippen LogP contribution < -0.4 is 5.73 Å². The first-order chi connectivity index (χ1) is 10.1. The van der Waals surface area contributed by atoms with Crippen molar-refractivity contribution in [3.05, 3.63) is 64.7 Å². The third-order valence-electron chi connectivity index (χ3n) is 2.97. The number of nitrogens with two attached hydrogens (primary N) is 1. The highest BCUT2D eigenvalue weighted by atomic mass is 16.6. The normalized spacial score (nSPS) is 10.5. The Morgan fingerprint density at radius 1 is 1.05 bits per heavy atom. The molecule has 1 heterocycles. The van der Waals surface area contributed by atoms with Gasteiger partial charge in [-0.2, -0.15) is 9.67 Å². The molecule has 0 aliphatic heterocycles. The summed E-state index contributed by atoms with van der Waals surface area (Å²) in [5.74, 6) is 0.731. The summed E-state index contributed by atoms with van der Waals surface area (Å²) in [4.78, 5) is 14.4. The molecule has 2 N–H and O–H groups in total. The summed E-state index contributed by atoms with van der Waals surface area (Å²) < 4.78 is 1.45. The van der Waals surface area contributed by atoms with Gasteiger partial charge in [0, 0.05) is 17.7 Å². The number of hydrogen-bond donors (Lipinski definition) is 1. The van der Waals surface area contributed by atoms with E-state index in [1.54, 1.807) is 12.1 Å². The van der Waals surface area contributed by atoms with Crippen molar-refractivity contribution in [3.8, 4) is 17.1 Å². The van der Waals surface area contributed by atoms with E-state index in [1.807, 2.05) is 30.3 Å². The molecule has 0 amide bonds. The summed E-state index contributed by atoms with van der Waals surface area (Å²) in [5.41, 5.74) is 7.35. The topological polar surface area (TPSA) is 99.9 Å². The molecule has 0 atom stereocenters. The van der Waals surface area contributed by atoms with Crippen molar-refractivity contribution >= 4 is 11.6 Å². The summed E-state index contributed by atoms with van der Waals surface area (Å²) in [6.45, 7) is 0. The molecular weight excluding hydrogens is 270 g/mol. The van der Waals surface area contributed by atoms with Crippen LogP contribution in [0.1, 0.15) is 0 Å². The maximum absolute atomic E-state index is 10.7. The van der Waals surface area contributed by atoms with Crippen LogP contribution in [-0.2, 0) is 0 Å². The molecule has 0 saturated heterocycles. The van der Waals surface area contributed by atoms with Gasteiger partial charge in [-0.15, -0.1) is 5.10 Å². The molecular formula is C14H11N5O2. The van der Waals surface area contributed by atoms with E-state index in [0.717, 1.165) is 5.56 Å². The minimum atomic E-state index is -0.454. The van der Waals surface area contributed by atoms with Gasteiger partial charge >= 0.3 is 0 Å². The van der Waals surface area contributed by atoms with Crippen molar-refractivity contribution in [2.45, 2.75) is 0 Å². The number of nitrogen functional groups attached to an aromatic ring is 1. The van der Waals surface area contributed by atoms with Crippen LogP contribution in [0.5, 0.6) is 0 Å². The number of aromatic nitrogens is 3. The molecule has 0 saturated carbocycles. The number of anilines is 1. The van der Waals surface area contributed by atoms with Gasteiger partial charge in [-0.05, 0) is 12.1 Å². The smallest absolute Gasteiger partial charge is 0.269 e. The molecule has 0 aliphatic carbocycles. The first-order valence-electron chi connectivity index (χ1n) is 6.18. The lowest BCUT2D eigenvalue weighted by molar-refractivity contribution is -0.384. The quantitative estimate of drug-likeness (QED) is 0.587. The van der Waals surface area contributed by atoms with E-state index < -0.39 is 4.92 Å². The zero-order valence-electron chi connectivity index (χ0n) is 10.9. The fourth-order valence-electron chi connectivity index (χ4n) is 1.94. The summed E-state index contributed by atoms with van der Waals surface area (Å²) in [6, 6.07) is 15.4. The van der Waals surface area contributed by atoms with Crippen molar-refractivity contribution in [3.63, 3.8) is 0 Å². The van der Waals surface area contributed by atoms with Crippen molar-refractivity contribution in [1.82, 2.24) is 14.8 Å². The zero-order chi connectivity index (χ0) is 14.8. The van der Waals surface area contributed by atoms with Crippen LogP contribution >= 0.6 is 0 Å². The summed E-state index contributed by atoms with van der Waals surface area (Å²) in [5, 5.41) is 15.0. The number of nitrogens with zero attached hydrogens (tertiary/aromatic N) is 4. The second-order valence-electron chi connectivity index (χ2n) is 4.34. The van der Waals surface area contributed by atoms with Crippen molar-refractivity contribution in [1.29, 1.82) is 0 Å². The highest BCUT2D eigenvalue weighted by molar-refractivity contribution is 5.57. The van der Waals surface area contributed by atoms with Gasteiger partial charge in [0.1, 0.15) is 0 Å². The molecule has 0 unspecified atom stereocenters. The number of benzene rings is 2. The number of hydrogen-bond acceptors (Lipinski definition) is 5. The molecule has 3 aromatic rings. The molecule has 2 aromatic carbocycles. The van der Waals surface area contributed by atoms with Crippen LogP contribution in [0.15, 0.2) is 54.6 Å². The van der Waals surface area contributed by atoms with Gasteiger partial charge in [0.25, 0.3) is 5.69 Å². The molecule has 0 fully saturated rings. The van der Waals surface area contributed by atoms with Crippen molar-refractivity contribution in [2.24, 2.45) is 0 Å². The maximum atomic E-state index is 10.7. The summed E-state index contributed by atoms with van der Waals surface area (Å²) in [6.07, 6.45) is 0. The molecule has 7 nitrogen and oxygen atoms in total. The van der Waals surface area contributed by atoms with Gasteiger partial charge in [0.05, 0.1) is 10.6 Å². The summed E-state index contributed by atoms with van der Waals surface area (Å²) >= 11 is 0. The lowest BCUT2D eigenvalue weighted by atomic mass is 10.2. The molecule has 3 rings (SSSR count). The van der Waals surface area contributed by atoms with E-state index >= 15 is 0 Å². The van der Waals surface area contributed by atoms with Crippen molar-refractivity contribution < 1.29 is 4.92 Å². The Morgan fingerprint density at radius 3 is 2.33 bits per heavy atom. The number of nitro benzene ring substituents is 1. The van der Waals surface area contributed by atoms with Gasteiger partial charge in [-0.3, -0.25) is 10.1 Å². The molecule has 104 valence electrons. The number of rotatable bonds is 3. The van der Waals surface area contributed by atoms with Crippen LogP contribution in [0.3, 0.4) is 0 Å². The van der Waals surface area contributed by atoms with Gasteiger partial charge in [0.15, 0.2) is 5.82 Å². The Kier molecular flexibility index (Phi) is 3.07. The van der Waals surface area contributed by atoms with Gasteiger partial charge < -0.3 is 5.73 Å². The third-order valence-corrected chi connectivity index (χ3v) is 2.97. The Labute approximate surface area is 119 Å². The molecule has 0 radical (unpaired) electrons. The van der Waals surface area contributed by atoms with Crippen LogP contribution in [0, 0.1) is 10.1 Å². The molecule has 7 heteroatoms. The predicted molar refractivity (Wildman–Crippen MR) is 77.9 cm³/mol. The lowest BCUT2D eigenvalue weighted by Crippen LogP contribution is -2.02. The first kappa shape index (κ1) is 12.8. The molecule has 0 aliphatic rings. The van der Waals surface area contributed by atoms with E-state index in [2.05, 4.69) is 10.1 Å².